The quantitative estimate of drug-likeness (QED) is 0.686. The fourth-order valence-electron chi connectivity index (χ4n) is 1.47. The highest BCUT2D eigenvalue weighted by molar-refractivity contribution is 5.78. The van der Waals surface area contributed by atoms with Crippen LogP contribution in [0.4, 0.5) is 0 Å². The largest absolute Gasteiger partial charge is 0.342 e. The Hall–Kier alpha value is -1.08. The van der Waals surface area contributed by atoms with Crippen molar-refractivity contribution in [1.29, 1.82) is 5.26 Å². The molecule has 4 nitrogen and oxygen atoms in total. The van der Waals surface area contributed by atoms with Crippen LogP contribution in [-0.2, 0) is 4.79 Å². The smallest absolute Gasteiger partial charge is 0.225 e. The molecule has 15 heavy (non-hydrogen) atoms. The Kier molecular flexibility index (Phi) is 7.65. The molecule has 0 spiro atoms. The molecule has 0 aliphatic carbocycles. The van der Waals surface area contributed by atoms with Crippen LogP contribution in [0.3, 0.4) is 0 Å². The summed E-state index contributed by atoms with van der Waals surface area (Å²) in [5, 5.41) is 8.47. The zero-order chi connectivity index (χ0) is 11.7. The van der Waals surface area contributed by atoms with Crippen molar-refractivity contribution in [2.75, 3.05) is 19.6 Å². The van der Waals surface area contributed by atoms with E-state index in [2.05, 4.69) is 6.07 Å². The number of carbonyl (C=O) groups excluding carboxylic acids is 1. The minimum Gasteiger partial charge on any atom is -0.342 e. The Bertz CT molecular complexity index is 222. The molecule has 0 heterocycles. The molecular formula is C11H21N3O. The van der Waals surface area contributed by atoms with Gasteiger partial charge in [-0.2, -0.15) is 5.26 Å². The van der Waals surface area contributed by atoms with Crippen LogP contribution in [0.2, 0.25) is 0 Å². The Morgan fingerprint density at radius 1 is 1.60 bits per heavy atom. The van der Waals surface area contributed by atoms with E-state index in [0.29, 0.717) is 26.1 Å². The van der Waals surface area contributed by atoms with E-state index in [4.69, 9.17) is 11.0 Å². The zero-order valence-electron chi connectivity index (χ0n) is 9.70. The Morgan fingerprint density at radius 2 is 2.27 bits per heavy atom. The predicted octanol–water partition coefficient (Wildman–Crippen LogP) is 1.12. The van der Waals surface area contributed by atoms with Gasteiger partial charge in [0.05, 0.1) is 12.5 Å². The van der Waals surface area contributed by atoms with Gasteiger partial charge in [0.25, 0.3) is 0 Å². The Morgan fingerprint density at radius 3 is 2.73 bits per heavy atom. The molecule has 1 unspecified atom stereocenters. The molecule has 0 aromatic carbocycles. The summed E-state index contributed by atoms with van der Waals surface area (Å²) >= 11 is 0. The maximum Gasteiger partial charge on any atom is 0.225 e. The van der Waals surface area contributed by atoms with Crippen molar-refractivity contribution in [3.8, 4) is 6.07 Å². The highest BCUT2D eigenvalue weighted by atomic mass is 16.2. The maximum absolute atomic E-state index is 11.9. The van der Waals surface area contributed by atoms with E-state index in [9.17, 15) is 4.79 Å². The number of nitriles is 1. The molecule has 0 aliphatic rings. The second-order valence-electron chi connectivity index (χ2n) is 3.66. The molecular weight excluding hydrogens is 190 g/mol. The molecule has 0 saturated heterocycles. The van der Waals surface area contributed by atoms with Gasteiger partial charge in [-0.1, -0.05) is 6.92 Å². The molecule has 86 valence electrons. The molecule has 0 saturated carbocycles. The first-order valence-corrected chi connectivity index (χ1v) is 5.53. The van der Waals surface area contributed by atoms with Gasteiger partial charge < -0.3 is 10.6 Å². The number of hydrogen-bond donors (Lipinski definition) is 1. The van der Waals surface area contributed by atoms with Gasteiger partial charge in [0, 0.05) is 19.0 Å². The minimum absolute atomic E-state index is 0.0205. The van der Waals surface area contributed by atoms with Crippen LogP contribution in [0.15, 0.2) is 0 Å². The van der Waals surface area contributed by atoms with Gasteiger partial charge in [-0.05, 0) is 26.3 Å². The first-order valence-electron chi connectivity index (χ1n) is 5.53. The first-order chi connectivity index (χ1) is 7.17. The molecule has 0 aromatic heterocycles. The van der Waals surface area contributed by atoms with Crippen LogP contribution >= 0.6 is 0 Å². The lowest BCUT2D eigenvalue weighted by atomic mass is 10.0. The molecule has 0 aliphatic heterocycles. The van der Waals surface area contributed by atoms with Crippen LogP contribution in [0, 0.1) is 17.2 Å². The summed E-state index contributed by atoms with van der Waals surface area (Å²) in [5.41, 5.74) is 5.40. The number of hydrogen-bond acceptors (Lipinski definition) is 3. The third kappa shape index (κ3) is 5.38. The summed E-state index contributed by atoms with van der Waals surface area (Å²) < 4.78 is 0. The molecule has 0 fully saturated rings. The van der Waals surface area contributed by atoms with Crippen LogP contribution in [0.5, 0.6) is 0 Å². The van der Waals surface area contributed by atoms with E-state index >= 15 is 0 Å². The molecule has 0 radical (unpaired) electrons. The van der Waals surface area contributed by atoms with E-state index in [0.717, 1.165) is 12.8 Å². The second-order valence-corrected chi connectivity index (χ2v) is 3.66. The van der Waals surface area contributed by atoms with Crippen LogP contribution in [0.1, 0.15) is 33.1 Å². The molecule has 1 atom stereocenters. The number of nitrogens with zero attached hydrogens (tertiary/aromatic N) is 2. The molecule has 4 heteroatoms. The monoisotopic (exact) mass is 211 g/mol. The molecule has 2 N–H and O–H groups in total. The summed E-state index contributed by atoms with van der Waals surface area (Å²) in [6, 6.07) is 2.06. The lowest BCUT2D eigenvalue weighted by Crippen LogP contribution is -2.35. The van der Waals surface area contributed by atoms with Gasteiger partial charge in [-0.15, -0.1) is 0 Å². The Labute approximate surface area is 92.0 Å². The number of rotatable bonds is 7. The summed E-state index contributed by atoms with van der Waals surface area (Å²) in [6.07, 6.45) is 2.12. The second kappa shape index (κ2) is 8.25. The van der Waals surface area contributed by atoms with Crippen LogP contribution < -0.4 is 5.73 Å². The average Bonchev–Trinajstić information content (AvgIpc) is 2.26. The summed E-state index contributed by atoms with van der Waals surface area (Å²) in [4.78, 5) is 13.6. The van der Waals surface area contributed by atoms with Crippen molar-refractivity contribution >= 4 is 5.91 Å². The van der Waals surface area contributed by atoms with Gasteiger partial charge in [0.2, 0.25) is 5.91 Å². The molecule has 1 amide bonds. The highest BCUT2D eigenvalue weighted by Gasteiger charge is 2.18. The van der Waals surface area contributed by atoms with E-state index in [1.807, 2.05) is 13.8 Å². The van der Waals surface area contributed by atoms with Gasteiger partial charge in [-0.3, -0.25) is 4.79 Å². The minimum atomic E-state index is 0.0205. The predicted molar refractivity (Wildman–Crippen MR) is 59.9 cm³/mol. The molecule has 0 rings (SSSR count). The van der Waals surface area contributed by atoms with Crippen molar-refractivity contribution in [2.24, 2.45) is 11.7 Å². The van der Waals surface area contributed by atoms with Crippen LogP contribution in [0.25, 0.3) is 0 Å². The van der Waals surface area contributed by atoms with E-state index in [-0.39, 0.29) is 11.8 Å². The topological polar surface area (TPSA) is 70.1 Å². The van der Waals surface area contributed by atoms with Gasteiger partial charge in [0.15, 0.2) is 0 Å². The number of amides is 1. The van der Waals surface area contributed by atoms with Crippen molar-refractivity contribution in [2.45, 2.75) is 33.1 Å². The lowest BCUT2D eigenvalue weighted by Gasteiger charge is -2.23. The summed E-state index contributed by atoms with van der Waals surface area (Å²) in [5.74, 6) is 0.161. The Balaban J connectivity index is 4.07. The third-order valence-electron chi connectivity index (χ3n) is 2.45. The molecule has 0 bridgehead atoms. The SMILES string of the molecule is CCN(CCC#N)C(=O)C(C)CCCN. The van der Waals surface area contributed by atoms with E-state index in [1.165, 1.54) is 0 Å². The molecule has 0 aromatic rings. The van der Waals surface area contributed by atoms with Crippen LogP contribution in [-0.4, -0.2) is 30.4 Å². The third-order valence-corrected chi connectivity index (χ3v) is 2.45. The van der Waals surface area contributed by atoms with Crippen molar-refractivity contribution in [1.82, 2.24) is 4.90 Å². The van der Waals surface area contributed by atoms with Crippen molar-refractivity contribution in [3.63, 3.8) is 0 Å². The van der Waals surface area contributed by atoms with Crippen molar-refractivity contribution in [3.05, 3.63) is 0 Å². The highest BCUT2D eigenvalue weighted by Crippen LogP contribution is 2.09. The van der Waals surface area contributed by atoms with Gasteiger partial charge in [0.1, 0.15) is 0 Å². The zero-order valence-corrected chi connectivity index (χ0v) is 9.70. The number of nitrogens with two attached hydrogens (primary N) is 1. The lowest BCUT2D eigenvalue weighted by molar-refractivity contribution is -0.134. The van der Waals surface area contributed by atoms with Gasteiger partial charge >= 0.3 is 0 Å². The first kappa shape index (κ1) is 13.9. The normalized spacial score (nSPS) is 11.9. The van der Waals surface area contributed by atoms with Gasteiger partial charge in [-0.25, -0.2) is 0 Å². The standard InChI is InChI=1S/C11H21N3O/c1-3-14(9-5-8-13)11(15)10(2)6-4-7-12/h10H,3-7,9,12H2,1-2H3. The number of carbonyl (C=O) groups is 1. The maximum atomic E-state index is 11.9. The fourth-order valence-corrected chi connectivity index (χ4v) is 1.47. The van der Waals surface area contributed by atoms with E-state index in [1.54, 1.807) is 4.90 Å². The summed E-state index contributed by atoms with van der Waals surface area (Å²) in [6.45, 7) is 5.70. The fraction of sp³-hybridized carbons (Fsp3) is 0.818. The van der Waals surface area contributed by atoms with Crippen molar-refractivity contribution < 1.29 is 4.79 Å². The summed E-state index contributed by atoms with van der Waals surface area (Å²) in [7, 11) is 0. The van der Waals surface area contributed by atoms with E-state index < -0.39 is 0 Å². The average molecular weight is 211 g/mol.